The van der Waals surface area contributed by atoms with Crippen LogP contribution in [-0.2, 0) is 6.42 Å². The fourth-order valence-electron chi connectivity index (χ4n) is 1.75. The summed E-state index contributed by atoms with van der Waals surface area (Å²) in [6.07, 6.45) is 0.480. The van der Waals surface area contributed by atoms with Crippen LogP contribution >= 0.6 is 0 Å². The summed E-state index contributed by atoms with van der Waals surface area (Å²) in [6.45, 7) is 2.28. The summed E-state index contributed by atoms with van der Waals surface area (Å²) in [5, 5.41) is 15.5. The zero-order valence-electron chi connectivity index (χ0n) is 10.0. The van der Waals surface area contributed by atoms with Gasteiger partial charge in [0.25, 0.3) is 0 Å². The lowest BCUT2D eigenvalue weighted by atomic mass is 10.1. The second kappa shape index (κ2) is 5.35. The fourth-order valence-corrected chi connectivity index (χ4v) is 1.75. The number of rotatable bonds is 5. The lowest BCUT2D eigenvalue weighted by Crippen LogP contribution is -2.03. The number of nitrogens with one attached hydrogen (secondary N) is 1. The number of hydrogen-bond donors (Lipinski definition) is 2. The topological polar surface area (TPSA) is 75.2 Å². The SMILES string of the molecule is CCOc1n[nH]c(C(=O)O)c1Cc1ccccc1. The minimum absolute atomic E-state index is 0.0855. The second-order valence-electron chi connectivity index (χ2n) is 3.78. The van der Waals surface area contributed by atoms with Crippen molar-refractivity contribution in [2.45, 2.75) is 13.3 Å². The third-order valence-electron chi connectivity index (χ3n) is 2.55. The normalized spacial score (nSPS) is 10.3. The molecule has 0 saturated carbocycles. The summed E-state index contributed by atoms with van der Waals surface area (Å²) in [5.74, 6) is -0.668. The van der Waals surface area contributed by atoms with Gasteiger partial charge in [0.15, 0.2) is 5.69 Å². The van der Waals surface area contributed by atoms with Crippen molar-refractivity contribution in [3.05, 3.63) is 47.2 Å². The second-order valence-corrected chi connectivity index (χ2v) is 3.78. The lowest BCUT2D eigenvalue weighted by molar-refractivity contribution is 0.0689. The molecule has 0 fully saturated rings. The largest absolute Gasteiger partial charge is 0.477 e. The highest BCUT2D eigenvalue weighted by Crippen LogP contribution is 2.22. The van der Waals surface area contributed by atoms with E-state index in [9.17, 15) is 4.79 Å². The molecule has 94 valence electrons. The molecule has 0 amide bonds. The average molecular weight is 246 g/mol. The number of benzene rings is 1. The molecule has 0 aliphatic rings. The van der Waals surface area contributed by atoms with Gasteiger partial charge in [0, 0.05) is 6.42 Å². The van der Waals surface area contributed by atoms with Gasteiger partial charge in [0.1, 0.15) is 0 Å². The Morgan fingerprint density at radius 1 is 1.39 bits per heavy atom. The standard InChI is InChI=1S/C13H14N2O3/c1-2-18-12-10(11(13(16)17)14-15-12)8-9-6-4-3-5-7-9/h3-7H,2,8H2,1H3,(H,14,15)(H,16,17). The summed E-state index contributed by atoms with van der Waals surface area (Å²) in [7, 11) is 0. The average Bonchev–Trinajstić information content (AvgIpc) is 2.74. The minimum atomic E-state index is -1.03. The Bertz CT molecular complexity index is 534. The predicted molar refractivity (Wildman–Crippen MR) is 66.0 cm³/mol. The molecular formula is C13H14N2O3. The third kappa shape index (κ3) is 2.51. The van der Waals surface area contributed by atoms with Crippen LogP contribution in [0.25, 0.3) is 0 Å². The van der Waals surface area contributed by atoms with Crippen molar-refractivity contribution >= 4 is 5.97 Å². The molecule has 1 aromatic carbocycles. The van der Waals surface area contributed by atoms with Crippen molar-refractivity contribution in [2.75, 3.05) is 6.61 Å². The first-order valence-electron chi connectivity index (χ1n) is 5.69. The van der Waals surface area contributed by atoms with Gasteiger partial charge < -0.3 is 9.84 Å². The molecule has 1 aromatic heterocycles. The van der Waals surface area contributed by atoms with Gasteiger partial charge in [0.2, 0.25) is 5.88 Å². The zero-order chi connectivity index (χ0) is 13.0. The number of carbonyl (C=O) groups is 1. The molecule has 2 rings (SSSR count). The molecule has 2 aromatic rings. The lowest BCUT2D eigenvalue weighted by Gasteiger charge is -2.04. The van der Waals surface area contributed by atoms with Gasteiger partial charge >= 0.3 is 5.97 Å². The van der Waals surface area contributed by atoms with Crippen molar-refractivity contribution in [3.8, 4) is 5.88 Å². The predicted octanol–water partition coefficient (Wildman–Crippen LogP) is 2.10. The van der Waals surface area contributed by atoms with E-state index in [-0.39, 0.29) is 5.69 Å². The van der Waals surface area contributed by atoms with E-state index in [4.69, 9.17) is 9.84 Å². The molecule has 18 heavy (non-hydrogen) atoms. The van der Waals surface area contributed by atoms with Crippen LogP contribution in [0.2, 0.25) is 0 Å². The maximum Gasteiger partial charge on any atom is 0.354 e. The van der Waals surface area contributed by atoms with Crippen molar-refractivity contribution in [3.63, 3.8) is 0 Å². The third-order valence-corrected chi connectivity index (χ3v) is 2.55. The van der Waals surface area contributed by atoms with Gasteiger partial charge in [-0.3, -0.25) is 5.10 Å². The molecule has 0 atom stereocenters. The Labute approximate surface area is 104 Å². The van der Waals surface area contributed by atoms with Gasteiger partial charge in [-0.2, -0.15) is 0 Å². The van der Waals surface area contributed by atoms with E-state index in [0.717, 1.165) is 5.56 Å². The number of nitrogens with zero attached hydrogens (tertiary/aromatic N) is 1. The summed E-state index contributed by atoms with van der Waals surface area (Å²) in [6, 6.07) is 9.62. The monoisotopic (exact) mass is 246 g/mol. The highest BCUT2D eigenvalue weighted by Gasteiger charge is 2.19. The quantitative estimate of drug-likeness (QED) is 0.847. The maximum atomic E-state index is 11.1. The van der Waals surface area contributed by atoms with Crippen LogP contribution < -0.4 is 4.74 Å². The van der Waals surface area contributed by atoms with E-state index in [0.29, 0.717) is 24.5 Å². The number of H-pyrrole nitrogens is 1. The minimum Gasteiger partial charge on any atom is -0.477 e. The van der Waals surface area contributed by atoms with Gasteiger partial charge in [0.05, 0.1) is 12.2 Å². The first kappa shape index (κ1) is 12.2. The summed E-state index contributed by atoms with van der Waals surface area (Å²) in [4.78, 5) is 11.1. The first-order valence-corrected chi connectivity index (χ1v) is 5.69. The molecule has 1 heterocycles. The van der Waals surface area contributed by atoms with E-state index < -0.39 is 5.97 Å². The van der Waals surface area contributed by atoms with Gasteiger partial charge in [-0.15, -0.1) is 5.10 Å². The summed E-state index contributed by atoms with van der Waals surface area (Å²) < 4.78 is 5.33. The molecule has 2 N–H and O–H groups in total. The Morgan fingerprint density at radius 2 is 2.11 bits per heavy atom. The number of hydrogen-bond acceptors (Lipinski definition) is 3. The van der Waals surface area contributed by atoms with E-state index >= 15 is 0 Å². The zero-order valence-corrected chi connectivity index (χ0v) is 10.0. The summed E-state index contributed by atoms with van der Waals surface area (Å²) >= 11 is 0. The maximum absolute atomic E-state index is 11.1. The van der Waals surface area contributed by atoms with Crippen LogP contribution in [0.3, 0.4) is 0 Å². The number of ether oxygens (including phenoxy) is 1. The Hall–Kier alpha value is -2.30. The smallest absolute Gasteiger partial charge is 0.354 e. The van der Waals surface area contributed by atoms with E-state index in [1.807, 2.05) is 37.3 Å². The van der Waals surface area contributed by atoms with Crippen molar-refractivity contribution in [2.24, 2.45) is 0 Å². The Kier molecular flexibility index (Phi) is 3.62. The van der Waals surface area contributed by atoms with Gasteiger partial charge in [-0.25, -0.2) is 4.79 Å². The fraction of sp³-hybridized carbons (Fsp3) is 0.231. The number of carboxylic acid groups (broad SMARTS) is 1. The first-order chi connectivity index (χ1) is 8.72. The van der Waals surface area contributed by atoms with E-state index in [1.54, 1.807) is 0 Å². The van der Waals surface area contributed by atoms with Crippen LogP contribution in [0.1, 0.15) is 28.5 Å². The van der Waals surface area contributed by atoms with Crippen molar-refractivity contribution < 1.29 is 14.6 Å². The molecule has 0 aliphatic carbocycles. The highest BCUT2D eigenvalue weighted by atomic mass is 16.5. The van der Waals surface area contributed by atoms with Crippen molar-refractivity contribution in [1.82, 2.24) is 10.2 Å². The number of aromatic carboxylic acids is 1. The Balaban J connectivity index is 2.34. The molecule has 0 saturated heterocycles. The molecule has 0 spiro atoms. The molecule has 0 bridgehead atoms. The number of aromatic nitrogens is 2. The van der Waals surface area contributed by atoms with Crippen LogP contribution in [0, 0.1) is 0 Å². The molecule has 0 aliphatic heterocycles. The highest BCUT2D eigenvalue weighted by molar-refractivity contribution is 5.87. The Morgan fingerprint density at radius 3 is 2.72 bits per heavy atom. The van der Waals surface area contributed by atoms with Crippen molar-refractivity contribution in [1.29, 1.82) is 0 Å². The van der Waals surface area contributed by atoms with Crippen LogP contribution in [-0.4, -0.2) is 27.9 Å². The molecule has 5 heteroatoms. The summed E-state index contributed by atoms with van der Waals surface area (Å²) in [5.41, 5.74) is 1.68. The van der Waals surface area contributed by atoms with Gasteiger partial charge in [-0.1, -0.05) is 30.3 Å². The molecule has 0 radical (unpaired) electrons. The van der Waals surface area contributed by atoms with Crippen LogP contribution in [0.15, 0.2) is 30.3 Å². The van der Waals surface area contributed by atoms with E-state index in [1.165, 1.54) is 0 Å². The number of carboxylic acids is 1. The number of aromatic amines is 1. The molecule has 5 nitrogen and oxygen atoms in total. The molecular weight excluding hydrogens is 232 g/mol. The van der Waals surface area contributed by atoms with Crippen LogP contribution in [0.4, 0.5) is 0 Å². The van der Waals surface area contributed by atoms with Crippen LogP contribution in [0.5, 0.6) is 5.88 Å². The van der Waals surface area contributed by atoms with E-state index in [2.05, 4.69) is 10.2 Å². The van der Waals surface area contributed by atoms with Gasteiger partial charge in [-0.05, 0) is 12.5 Å². The molecule has 0 unspecified atom stereocenters.